The first-order chi connectivity index (χ1) is 18.8. The molecule has 12 heteroatoms. The summed E-state index contributed by atoms with van der Waals surface area (Å²) in [5.41, 5.74) is 2.57. The van der Waals surface area contributed by atoms with Gasteiger partial charge in [-0.15, -0.1) is 10.2 Å². The molecule has 2 fully saturated rings. The maximum absolute atomic E-state index is 12.4. The second kappa shape index (κ2) is 13.1. The zero-order valence-corrected chi connectivity index (χ0v) is 23.3. The standard InChI is InChI=1S/C16H14ClN3.C7H7F3N4O.2C2H6/c17-13-1-2-15-14(6-13)16(12(7-18)8-19-15)20-4-3-10-5-11(10)9-20;8-7(9,10)6-12-11-5-3-13(4-15)1-2-14(5)6;2*1-2/h1-2,6,8,10-11H,3-5,9H2;4H,1-3H2;2*1-2H3. The Morgan fingerprint density at radius 2 is 1.85 bits per heavy atom. The predicted molar refractivity (Wildman–Crippen MR) is 144 cm³/mol. The van der Waals surface area contributed by atoms with Crippen molar-refractivity contribution in [2.24, 2.45) is 11.8 Å². The highest BCUT2D eigenvalue weighted by atomic mass is 35.5. The molecule has 4 heterocycles. The lowest BCUT2D eigenvalue weighted by molar-refractivity contribution is -0.148. The van der Waals surface area contributed by atoms with E-state index in [1.807, 2.05) is 45.9 Å². The Labute approximate surface area is 231 Å². The third kappa shape index (κ3) is 6.79. The van der Waals surface area contributed by atoms with E-state index in [0.29, 0.717) is 17.0 Å². The van der Waals surface area contributed by atoms with E-state index in [-0.39, 0.29) is 25.5 Å². The lowest BCUT2D eigenvalue weighted by Crippen LogP contribution is -2.34. The zero-order valence-electron chi connectivity index (χ0n) is 22.5. The Kier molecular flexibility index (Phi) is 10.1. The van der Waals surface area contributed by atoms with Crippen LogP contribution in [0.5, 0.6) is 0 Å². The highest BCUT2D eigenvalue weighted by Gasteiger charge is 2.42. The third-order valence-corrected chi connectivity index (χ3v) is 6.95. The Bertz CT molecular complexity index is 1320. The largest absolute Gasteiger partial charge is 0.451 e. The minimum absolute atomic E-state index is 0.0760. The fraction of sp³-hybridized carbons (Fsp3) is 0.519. The summed E-state index contributed by atoms with van der Waals surface area (Å²) in [5, 5.41) is 17.6. The number of halogens is 4. The summed E-state index contributed by atoms with van der Waals surface area (Å²) in [7, 11) is 0. The van der Waals surface area contributed by atoms with Gasteiger partial charge in [0.15, 0.2) is 5.82 Å². The molecular weight excluding hydrogens is 531 g/mol. The van der Waals surface area contributed by atoms with E-state index < -0.39 is 12.0 Å². The summed E-state index contributed by atoms with van der Waals surface area (Å²) in [5.74, 6) is 0.912. The molecule has 2 aliphatic heterocycles. The van der Waals surface area contributed by atoms with Crippen LogP contribution < -0.4 is 4.90 Å². The number of aromatic nitrogens is 4. The van der Waals surface area contributed by atoms with Crippen LogP contribution in [0, 0.1) is 23.2 Å². The molecule has 2 unspecified atom stereocenters. The van der Waals surface area contributed by atoms with Crippen molar-refractivity contribution in [1.29, 1.82) is 5.26 Å². The van der Waals surface area contributed by atoms with Crippen LogP contribution in [0.4, 0.5) is 18.9 Å². The summed E-state index contributed by atoms with van der Waals surface area (Å²) in [6.07, 6.45) is 0.368. The predicted octanol–water partition coefficient (Wildman–Crippen LogP) is 5.93. The van der Waals surface area contributed by atoms with Crippen LogP contribution in [0.25, 0.3) is 10.9 Å². The molecule has 0 N–H and O–H groups in total. The van der Waals surface area contributed by atoms with Crippen molar-refractivity contribution < 1.29 is 18.0 Å². The van der Waals surface area contributed by atoms with Crippen molar-refractivity contribution in [3.63, 3.8) is 0 Å². The number of fused-ring (bicyclic) bond motifs is 3. The first-order valence-corrected chi connectivity index (χ1v) is 13.6. The smallest absolute Gasteiger partial charge is 0.370 e. The number of hydrogen-bond acceptors (Lipinski definition) is 6. The maximum Gasteiger partial charge on any atom is 0.451 e. The quantitative estimate of drug-likeness (QED) is 0.359. The first-order valence-electron chi connectivity index (χ1n) is 13.2. The average Bonchev–Trinajstić information content (AvgIpc) is 3.61. The maximum atomic E-state index is 12.4. The number of amides is 1. The number of rotatable bonds is 2. The number of carbonyl (C=O) groups is 1. The highest BCUT2D eigenvalue weighted by molar-refractivity contribution is 6.31. The van der Waals surface area contributed by atoms with Gasteiger partial charge < -0.3 is 14.4 Å². The molecule has 0 bridgehead atoms. The molecule has 0 radical (unpaired) electrons. The van der Waals surface area contributed by atoms with E-state index in [9.17, 15) is 23.2 Å². The fourth-order valence-electron chi connectivity index (χ4n) is 4.84. The number of alkyl halides is 3. The summed E-state index contributed by atoms with van der Waals surface area (Å²) in [6, 6.07) is 7.99. The number of pyridine rings is 1. The van der Waals surface area contributed by atoms with Crippen molar-refractivity contribution in [3.8, 4) is 6.07 Å². The average molecular weight is 564 g/mol. The van der Waals surface area contributed by atoms with Crippen molar-refractivity contribution in [2.45, 2.75) is 59.8 Å². The van der Waals surface area contributed by atoms with Crippen LogP contribution in [0.1, 0.15) is 57.7 Å². The molecule has 2 aromatic heterocycles. The summed E-state index contributed by atoms with van der Waals surface area (Å²) >= 11 is 6.13. The van der Waals surface area contributed by atoms with Crippen molar-refractivity contribution in [1.82, 2.24) is 24.6 Å². The third-order valence-electron chi connectivity index (χ3n) is 6.72. The molecule has 2 atom stereocenters. The Morgan fingerprint density at radius 3 is 2.49 bits per heavy atom. The van der Waals surface area contributed by atoms with Crippen LogP contribution in [0.15, 0.2) is 24.4 Å². The Balaban J connectivity index is 0.000000198. The van der Waals surface area contributed by atoms with Gasteiger partial charge in [0.25, 0.3) is 0 Å². The van der Waals surface area contributed by atoms with Crippen LogP contribution in [-0.4, -0.2) is 50.7 Å². The SMILES string of the molecule is CC.CC.N#Cc1cnc2ccc(Cl)cc2c1N1CCC2CC2C1.O=CN1CCn2c(nnc2C(F)(F)F)C1. The molecule has 1 aromatic carbocycles. The van der Waals surface area contributed by atoms with Crippen molar-refractivity contribution in [3.05, 3.63) is 46.6 Å². The molecule has 1 saturated heterocycles. The second-order valence-electron chi connectivity index (χ2n) is 8.95. The van der Waals surface area contributed by atoms with E-state index in [1.54, 1.807) is 6.20 Å². The molecule has 8 nitrogen and oxygen atoms in total. The van der Waals surface area contributed by atoms with Gasteiger partial charge in [0.05, 0.1) is 23.3 Å². The summed E-state index contributed by atoms with van der Waals surface area (Å²) in [4.78, 5) is 18.5. The highest BCUT2D eigenvalue weighted by Crippen LogP contribution is 2.47. The van der Waals surface area contributed by atoms with Gasteiger partial charge >= 0.3 is 6.18 Å². The summed E-state index contributed by atoms with van der Waals surface area (Å²) in [6.45, 7) is 10.5. The summed E-state index contributed by atoms with van der Waals surface area (Å²) < 4.78 is 38.1. The zero-order chi connectivity index (χ0) is 28.7. The van der Waals surface area contributed by atoms with E-state index in [1.165, 1.54) is 17.7 Å². The number of nitrogens with zero attached hydrogens (tertiary/aromatic N) is 7. The molecule has 3 aromatic rings. The lowest BCUT2D eigenvalue weighted by Gasteiger charge is -2.30. The number of piperidine rings is 1. The van der Waals surface area contributed by atoms with Gasteiger partial charge in [0.2, 0.25) is 12.2 Å². The molecular formula is C27H33ClF3N7O. The Morgan fingerprint density at radius 1 is 1.10 bits per heavy atom. The van der Waals surface area contributed by atoms with Crippen LogP contribution in [-0.2, 0) is 24.1 Å². The molecule has 39 heavy (non-hydrogen) atoms. The van der Waals surface area contributed by atoms with Gasteiger partial charge in [-0.25, -0.2) is 0 Å². The molecule has 1 aliphatic carbocycles. The Hall–Kier alpha value is -3.39. The van der Waals surface area contributed by atoms with Gasteiger partial charge in [-0.05, 0) is 42.9 Å². The van der Waals surface area contributed by atoms with Crippen LogP contribution >= 0.6 is 11.6 Å². The molecule has 3 aliphatic rings. The molecule has 0 spiro atoms. The van der Waals surface area contributed by atoms with Crippen LogP contribution in [0.2, 0.25) is 5.02 Å². The van der Waals surface area contributed by atoms with Gasteiger partial charge in [0, 0.05) is 42.8 Å². The monoisotopic (exact) mass is 563 g/mol. The van der Waals surface area contributed by atoms with Gasteiger partial charge in [-0.3, -0.25) is 9.78 Å². The molecule has 1 amide bonds. The number of benzene rings is 1. The molecule has 210 valence electrons. The minimum Gasteiger partial charge on any atom is -0.370 e. The lowest BCUT2D eigenvalue weighted by atomic mass is 10.0. The molecule has 6 rings (SSSR count). The van der Waals surface area contributed by atoms with E-state index in [2.05, 4.69) is 26.2 Å². The first kappa shape index (κ1) is 30.2. The second-order valence-corrected chi connectivity index (χ2v) is 9.39. The minimum atomic E-state index is -4.49. The number of anilines is 1. The van der Waals surface area contributed by atoms with Crippen molar-refractivity contribution >= 4 is 34.6 Å². The number of nitriles is 1. The fourth-order valence-corrected chi connectivity index (χ4v) is 5.01. The molecule has 1 saturated carbocycles. The number of carbonyl (C=O) groups excluding carboxylic acids is 1. The van der Waals surface area contributed by atoms with Gasteiger partial charge in [-0.1, -0.05) is 39.3 Å². The topological polar surface area (TPSA) is 90.9 Å². The normalized spacial score (nSPS) is 19.1. The van der Waals surface area contributed by atoms with Crippen molar-refractivity contribution in [2.75, 3.05) is 24.5 Å². The van der Waals surface area contributed by atoms with E-state index in [4.69, 9.17) is 11.6 Å². The van der Waals surface area contributed by atoms with Crippen LogP contribution in [0.3, 0.4) is 0 Å². The van der Waals surface area contributed by atoms with Gasteiger partial charge in [0.1, 0.15) is 6.07 Å². The van der Waals surface area contributed by atoms with E-state index >= 15 is 0 Å². The van der Waals surface area contributed by atoms with Gasteiger partial charge in [-0.2, -0.15) is 18.4 Å². The number of hydrogen-bond donors (Lipinski definition) is 0. The van der Waals surface area contributed by atoms with E-state index in [0.717, 1.165) is 46.1 Å².